The van der Waals surface area contributed by atoms with Gasteiger partial charge >= 0.3 is 0 Å². The molecular formula is C20H21BrN4O. The Morgan fingerprint density at radius 2 is 2.12 bits per heavy atom. The minimum absolute atomic E-state index is 0.0852. The topological polar surface area (TPSA) is 53.9 Å². The first kappa shape index (κ1) is 17.1. The van der Waals surface area contributed by atoms with Crippen LogP contribution in [0.5, 0.6) is 0 Å². The van der Waals surface area contributed by atoms with Gasteiger partial charge in [0.2, 0.25) is 0 Å². The molecule has 0 bridgehead atoms. The highest BCUT2D eigenvalue weighted by Crippen LogP contribution is 2.30. The van der Waals surface area contributed by atoms with Crippen LogP contribution < -0.4 is 0 Å². The molecule has 26 heavy (non-hydrogen) atoms. The first-order chi connectivity index (χ1) is 12.6. The summed E-state index contributed by atoms with van der Waals surface area (Å²) < 4.78 is 3.01. The number of imidazole rings is 1. The van der Waals surface area contributed by atoms with Crippen LogP contribution in [0.2, 0.25) is 0 Å². The number of likely N-dealkylation sites (tertiary alicyclic amines) is 1. The summed E-state index contributed by atoms with van der Waals surface area (Å²) in [6, 6.07) is 12.0. The van der Waals surface area contributed by atoms with Crippen molar-refractivity contribution in [1.29, 1.82) is 0 Å². The number of carbonyl (C=O) groups excluding carboxylic acids is 1. The van der Waals surface area contributed by atoms with Crippen LogP contribution in [0.3, 0.4) is 0 Å². The maximum Gasteiger partial charge on any atom is 0.270 e. The number of benzene rings is 1. The number of piperidine rings is 1. The highest BCUT2D eigenvalue weighted by molar-refractivity contribution is 9.10. The molecule has 1 N–H and O–H groups in total. The van der Waals surface area contributed by atoms with Crippen molar-refractivity contribution in [3.05, 3.63) is 64.8 Å². The molecule has 1 aromatic carbocycles. The van der Waals surface area contributed by atoms with Crippen molar-refractivity contribution in [2.75, 3.05) is 13.1 Å². The normalized spacial score (nSPS) is 17.5. The summed E-state index contributed by atoms with van der Waals surface area (Å²) in [6.45, 7) is 1.51. The zero-order valence-electron chi connectivity index (χ0n) is 14.7. The number of H-pyrrole nitrogens is 1. The number of nitrogens with one attached hydrogen (secondary N) is 1. The Morgan fingerprint density at radius 3 is 2.88 bits per heavy atom. The smallest absolute Gasteiger partial charge is 0.270 e. The molecule has 1 amide bonds. The van der Waals surface area contributed by atoms with Crippen LogP contribution in [-0.2, 0) is 7.05 Å². The predicted molar refractivity (Wildman–Crippen MR) is 105 cm³/mol. The van der Waals surface area contributed by atoms with Crippen molar-refractivity contribution < 1.29 is 4.79 Å². The van der Waals surface area contributed by atoms with Crippen LogP contribution in [0.25, 0.3) is 11.3 Å². The van der Waals surface area contributed by atoms with E-state index < -0.39 is 0 Å². The van der Waals surface area contributed by atoms with Crippen molar-refractivity contribution >= 4 is 21.8 Å². The minimum Gasteiger partial charge on any atom is -0.348 e. The lowest BCUT2D eigenvalue weighted by molar-refractivity contribution is 0.0695. The van der Waals surface area contributed by atoms with Gasteiger partial charge in [-0.3, -0.25) is 4.79 Å². The number of hydrogen-bond acceptors (Lipinski definition) is 2. The van der Waals surface area contributed by atoms with E-state index in [-0.39, 0.29) is 11.8 Å². The van der Waals surface area contributed by atoms with Gasteiger partial charge in [0.05, 0.1) is 0 Å². The molecule has 3 heterocycles. The molecule has 134 valence electrons. The van der Waals surface area contributed by atoms with Crippen LogP contribution in [0.1, 0.15) is 35.1 Å². The zero-order chi connectivity index (χ0) is 18.1. The van der Waals surface area contributed by atoms with E-state index >= 15 is 0 Å². The van der Waals surface area contributed by atoms with E-state index in [0.29, 0.717) is 6.54 Å². The number of amides is 1. The molecule has 5 nitrogen and oxygen atoms in total. The largest absolute Gasteiger partial charge is 0.348 e. The minimum atomic E-state index is 0.0852. The first-order valence-electron chi connectivity index (χ1n) is 8.84. The SMILES string of the molecule is Cn1c(C(=O)N2CCCC(c3ncc[nH]3)C2)ccc1-c1ccccc1Br. The van der Waals surface area contributed by atoms with E-state index in [1.54, 1.807) is 6.20 Å². The third-order valence-corrected chi connectivity index (χ3v) is 5.80. The van der Waals surface area contributed by atoms with Crippen LogP contribution in [0.15, 0.2) is 53.3 Å². The van der Waals surface area contributed by atoms with Crippen LogP contribution in [0, 0.1) is 0 Å². The zero-order valence-corrected chi connectivity index (χ0v) is 16.2. The van der Waals surface area contributed by atoms with E-state index in [1.807, 2.05) is 53.0 Å². The van der Waals surface area contributed by atoms with Crippen molar-refractivity contribution in [2.24, 2.45) is 7.05 Å². The van der Waals surface area contributed by atoms with Gasteiger partial charge in [-0.15, -0.1) is 0 Å². The van der Waals surface area contributed by atoms with Gasteiger partial charge in [-0.25, -0.2) is 4.98 Å². The Labute approximate surface area is 161 Å². The number of rotatable bonds is 3. The van der Waals surface area contributed by atoms with Gasteiger partial charge in [0.15, 0.2) is 0 Å². The second-order valence-corrected chi connectivity index (χ2v) is 7.56. The third-order valence-electron chi connectivity index (χ3n) is 5.11. The molecule has 1 aliphatic rings. The van der Waals surface area contributed by atoms with E-state index in [2.05, 4.69) is 32.0 Å². The molecule has 2 aromatic heterocycles. The highest BCUT2D eigenvalue weighted by Gasteiger charge is 2.28. The Morgan fingerprint density at radius 1 is 1.27 bits per heavy atom. The summed E-state index contributed by atoms with van der Waals surface area (Å²) in [5.41, 5.74) is 2.83. The third kappa shape index (κ3) is 3.09. The molecule has 1 unspecified atom stereocenters. The Bertz CT molecular complexity index is 916. The van der Waals surface area contributed by atoms with Crippen LogP contribution in [-0.4, -0.2) is 38.4 Å². The van der Waals surface area contributed by atoms with Gasteiger partial charge in [0.25, 0.3) is 5.91 Å². The maximum absolute atomic E-state index is 13.1. The molecule has 0 saturated carbocycles. The molecule has 1 atom stereocenters. The predicted octanol–water partition coefficient (Wildman–Crippen LogP) is 4.20. The summed E-state index contributed by atoms with van der Waals surface area (Å²) in [4.78, 5) is 22.6. The van der Waals surface area contributed by atoms with Gasteiger partial charge in [-0.05, 0) is 31.0 Å². The number of carbonyl (C=O) groups is 1. The van der Waals surface area contributed by atoms with Crippen molar-refractivity contribution in [3.8, 4) is 11.3 Å². The number of aromatic nitrogens is 3. The fourth-order valence-corrected chi connectivity index (χ4v) is 4.20. The summed E-state index contributed by atoms with van der Waals surface area (Å²) in [5, 5.41) is 0. The van der Waals surface area contributed by atoms with Crippen LogP contribution >= 0.6 is 15.9 Å². The molecule has 1 fully saturated rings. The summed E-state index contributed by atoms with van der Waals surface area (Å²) in [7, 11) is 1.95. The van der Waals surface area contributed by atoms with Crippen molar-refractivity contribution in [2.45, 2.75) is 18.8 Å². The number of halogens is 1. The van der Waals surface area contributed by atoms with Gasteiger partial charge in [-0.1, -0.05) is 34.1 Å². The molecule has 6 heteroatoms. The number of nitrogens with zero attached hydrogens (tertiary/aromatic N) is 3. The number of hydrogen-bond donors (Lipinski definition) is 1. The molecule has 0 radical (unpaired) electrons. The Balaban J connectivity index is 1.58. The average Bonchev–Trinajstić information content (AvgIpc) is 3.32. The Hall–Kier alpha value is -2.34. The van der Waals surface area contributed by atoms with Gasteiger partial charge < -0.3 is 14.5 Å². The Kier molecular flexibility index (Phi) is 4.68. The first-order valence-corrected chi connectivity index (χ1v) is 9.63. The molecule has 0 aliphatic carbocycles. The van der Waals surface area contributed by atoms with Gasteiger partial charge in [0, 0.05) is 54.2 Å². The van der Waals surface area contributed by atoms with Gasteiger partial charge in [-0.2, -0.15) is 0 Å². The molecule has 1 aliphatic heterocycles. The molecule has 0 spiro atoms. The molecule has 4 rings (SSSR count). The summed E-state index contributed by atoms with van der Waals surface area (Å²) in [6.07, 6.45) is 5.68. The maximum atomic E-state index is 13.1. The van der Waals surface area contributed by atoms with E-state index in [1.165, 1.54) is 0 Å². The second kappa shape index (κ2) is 7.11. The quantitative estimate of drug-likeness (QED) is 0.700. The fraction of sp³-hybridized carbons (Fsp3) is 0.300. The van der Waals surface area contributed by atoms with Crippen LogP contribution in [0.4, 0.5) is 0 Å². The highest BCUT2D eigenvalue weighted by atomic mass is 79.9. The lowest BCUT2D eigenvalue weighted by atomic mass is 9.97. The fourth-order valence-electron chi connectivity index (χ4n) is 3.71. The van der Waals surface area contributed by atoms with E-state index in [9.17, 15) is 4.79 Å². The monoisotopic (exact) mass is 412 g/mol. The summed E-state index contributed by atoms with van der Waals surface area (Å²) >= 11 is 3.60. The van der Waals surface area contributed by atoms with Crippen molar-refractivity contribution in [1.82, 2.24) is 19.4 Å². The standard InChI is InChI=1S/C20H21BrN4O/c1-24-17(15-6-2-3-7-16(15)21)8-9-18(24)20(26)25-12-4-5-14(13-25)19-22-10-11-23-19/h2-3,6-11,14H,4-5,12-13H2,1H3,(H,22,23). The molecule has 1 saturated heterocycles. The van der Waals surface area contributed by atoms with E-state index in [4.69, 9.17) is 0 Å². The van der Waals surface area contributed by atoms with Crippen molar-refractivity contribution in [3.63, 3.8) is 0 Å². The number of aromatic amines is 1. The lowest BCUT2D eigenvalue weighted by Crippen LogP contribution is -2.40. The summed E-state index contributed by atoms with van der Waals surface area (Å²) in [5.74, 6) is 1.34. The second-order valence-electron chi connectivity index (χ2n) is 6.71. The molecular weight excluding hydrogens is 392 g/mol. The average molecular weight is 413 g/mol. The lowest BCUT2D eigenvalue weighted by Gasteiger charge is -2.32. The van der Waals surface area contributed by atoms with E-state index in [0.717, 1.165) is 46.6 Å². The van der Waals surface area contributed by atoms with Gasteiger partial charge in [0.1, 0.15) is 11.5 Å². The molecule has 3 aromatic rings.